The van der Waals surface area contributed by atoms with E-state index in [0.717, 1.165) is 12.0 Å². The van der Waals surface area contributed by atoms with Crippen LogP contribution in [-0.4, -0.2) is 11.0 Å². The lowest BCUT2D eigenvalue weighted by molar-refractivity contribution is -0.384. The van der Waals surface area contributed by atoms with Gasteiger partial charge < -0.3 is 5.32 Å². The predicted octanol–water partition coefficient (Wildman–Crippen LogP) is 3.14. The van der Waals surface area contributed by atoms with Crippen LogP contribution < -0.4 is 5.32 Å². The maximum atomic E-state index is 10.6. The molecule has 0 spiro atoms. The van der Waals surface area contributed by atoms with Crippen molar-refractivity contribution in [2.24, 2.45) is 5.41 Å². The maximum absolute atomic E-state index is 10.6. The molecule has 0 saturated heterocycles. The lowest BCUT2D eigenvalue weighted by Crippen LogP contribution is -2.20. The number of non-ortho nitro benzene ring substituents is 1. The van der Waals surface area contributed by atoms with Crippen LogP contribution in [0.4, 0.5) is 5.69 Å². The summed E-state index contributed by atoms with van der Waals surface area (Å²) in [6.45, 7) is 5.08. The minimum absolute atomic E-state index is 0.0329. The Morgan fingerprint density at radius 1 is 1.59 bits per heavy atom. The molecule has 1 aliphatic carbocycles. The van der Waals surface area contributed by atoms with Crippen molar-refractivity contribution >= 4 is 17.3 Å². The Balaban J connectivity index is 2.00. The zero-order chi connectivity index (χ0) is 12.6. The molecule has 5 heteroatoms. The largest absolute Gasteiger partial charge is 0.309 e. The summed E-state index contributed by atoms with van der Waals surface area (Å²) >= 11 is 6.00. The van der Waals surface area contributed by atoms with Crippen LogP contribution in [0.25, 0.3) is 0 Å². The van der Waals surface area contributed by atoms with Crippen LogP contribution in [0, 0.1) is 15.5 Å². The van der Waals surface area contributed by atoms with Gasteiger partial charge in [0.15, 0.2) is 0 Å². The fourth-order valence-corrected chi connectivity index (χ4v) is 2.08. The van der Waals surface area contributed by atoms with Crippen LogP contribution in [0.3, 0.4) is 0 Å². The minimum atomic E-state index is -0.437. The molecule has 1 saturated carbocycles. The van der Waals surface area contributed by atoms with Crippen molar-refractivity contribution in [2.75, 3.05) is 0 Å². The Morgan fingerprint density at radius 2 is 2.24 bits per heavy atom. The second-order valence-electron chi connectivity index (χ2n) is 5.16. The SMILES string of the molecule is CC1(C)CC1NCc1ccc([N+](=O)[O-])cc1Cl. The topological polar surface area (TPSA) is 55.2 Å². The normalized spacial score (nSPS) is 21.2. The summed E-state index contributed by atoms with van der Waals surface area (Å²) in [5, 5.41) is 14.4. The number of hydrogen-bond donors (Lipinski definition) is 1. The number of benzene rings is 1. The monoisotopic (exact) mass is 254 g/mol. The summed E-state index contributed by atoms with van der Waals surface area (Å²) in [5.41, 5.74) is 1.30. The molecule has 2 rings (SSSR count). The first-order chi connectivity index (χ1) is 7.90. The van der Waals surface area contributed by atoms with Gasteiger partial charge in [0.2, 0.25) is 0 Å². The van der Waals surface area contributed by atoms with E-state index in [1.807, 2.05) is 0 Å². The molecule has 1 N–H and O–H groups in total. The van der Waals surface area contributed by atoms with Crippen LogP contribution in [0.1, 0.15) is 25.8 Å². The number of rotatable bonds is 4. The quantitative estimate of drug-likeness (QED) is 0.663. The maximum Gasteiger partial charge on any atom is 0.270 e. The third kappa shape index (κ3) is 2.76. The molecule has 0 aromatic heterocycles. The summed E-state index contributed by atoms with van der Waals surface area (Å²) in [5.74, 6) is 0. The molecule has 1 atom stereocenters. The second-order valence-corrected chi connectivity index (χ2v) is 5.57. The second kappa shape index (κ2) is 4.27. The van der Waals surface area contributed by atoms with E-state index in [2.05, 4.69) is 19.2 Å². The van der Waals surface area contributed by atoms with Crippen molar-refractivity contribution in [2.45, 2.75) is 32.9 Å². The van der Waals surface area contributed by atoms with Crippen molar-refractivity contribution < 1.29 is 4.92 Å². The summed E-state index contributed by atoms with van der Waals surface area (Å²) in [6, 6.07) is 5.12. The van der Waals surface area contributed by atoms with E-state index in [0.29, 0.717) is 23.0 Å². The van der Waals surface area contributed by atoms with Crippen LogP contribution in [0.2, 0.25) is 5.02 Å². The van der Waals surface area contributed by atoms with Crippen molar-refractivity contribution in [1.82, 2.24) is 5.32 Å². The standard InChI is InChI=1S/C12H15ClN2O2/c1-12(2)6-11(12)14-7-8-3-4-9(15(16)17)5-10(8)13/h3-5,11,14H,6-7H2,1-2H3. The summed E-state index contributed by atoms with van der Waals surface area (Å²) in [7, 11) is 0. The van der Waals surface area contributed by atoms with Gasteiger partial charge in [-0.1, -0.05) is 25.4 Å². The average molecular weight is 255 g/mol. The third-order valence-corrected chi connectivity index (χ3v) is 3.65. The van der Waals surface area contributed by atoms with Gasteiger partial charge in [-0.15, -0.1) is 0 Å². The highest BCUT2D eigenvalue weighted by molar-refractivity contribution is 6.31. The molecule has 4 nitrogen and oxygen atoms in total. The highest BCUT2D eigenvalue weighted by Crippen LogP contribution is 2.44. The molecule has 1 unspecified atom stereocenters. The minimum Gasteiger partial charge on any atom is -0.309 e. The van der Waals surface area contributed by atoms with Gasteiger partial charge in [-0.3, -0.25) is 10.1 Å². The van der Waals surface area contributed by atoms with Gasteiger partial charge in [-0.05, 0) is 23.5 Å². The zero-order valence-electron chi connectivity index (χ0n) is 9.87. The molecule has 1 aromatic carbocycles. The Kier molecular flexibility index (Phi) is 3.10. The third-order valence-electron chi connectivity index (χ3n) is 3.30. The first-order valence-electron chi connectivity index (χ1n) is 5.56. The van der Waals surface area contributed by atoms with Crippen LogP contribution in [0.5, 0.6) is 0 Å². The summed E-state index contributed by atoms with van der Waals surface area (Å²) in [4.78, 5) is 10.1. The van der Waals surface area contributed by atoms with E-state index >= 15 is 0 Å². The van der Waals surface area contributed by atoms with Crippen molar-refractivity contribution in [1.29, 1.82) is 0 Å². The molecule has 17 heavy (non-hydrogen) atoms. The van der Waals surface area contributed by atoms with E-state index in [1.54, 1.807) is 6.07 Å². The van der Waals surface area contributed by atoms with Gasteiger partial charge in [0.1, 0.15) is 0 Å². The fourth-order valence-electron chi connectivity index (χ4n) is 1.84. The van der Waals surface area contributed by atoms with Gasteiger partial charge in [-0.25, -0.2) is 0 Å². The first-order valence-corrected chi connectivity index (χ1v) is 5.94. The Bertz CT molecular complexity index is 460. The van der Waals surface area contributed by atoms with Gasteiger partial charge >= 0.3 is 0 Å². The first kappa shape index (κ1) is 12.3. The molecule has 1 fully saturated rings. The lowest BCUT2D eigenvalue weighted by atomic mass is 10.1. The zero-order valence-corrected chi connectivity index (χ0v) is 10.6. The number of halogens is 1. The lowest BCUT2D eigenvalue weighted by Gasteiger charge is -2.08. The predicted molar refractivity (Wildman–Crippen MR) is 67.1 cm³/mol. The molecular weight excluding hydrogens is 240 g/mol. The van der Waals surface area contributed by atoms with Crippen molar-refractivity contribution in [3.63, 3.8) is 0 Å². The van der Waals surface area contributed by atoms with E-state index < -0.39 is 4.92 Å². The number of nitrogens with zero attached hydrogens (tertiary/aromatic N) is 1. The Morgan fingerprint density at radius 3 is 2.71 bits per heavy atom. The molecule has 0 heterocycles. The number of nitro benzene ring substituents is 1. The average Bonchev–Trinajstić information content (AvgIpc) is 2.84. The van der Waals surface area contributed by atoms with Gasteiger partial charge in [0.25, 0.3) is 5.69 Å². The van der Waals surface area contributed by atoms with Gasteiger partial charge in [0, 0.05) is 24.7 Å². The van der Waals surface area contributed by atoms with E-state index in [-0.39, 0.29) is 5.69 Å². The van der Waals surface area contributed by atoms with Gasteiger partial charge in [-0.2, -0.15) is 0 Å². The summed E-state index contributed by atoms with van der Waals surface area (Å²) in [6.07, 6.45) is 1.16. The van der Waals surface area contributed by atoms with Crippen molar-refractivity contribution in [3.8, 4) is 0 Å². The molecule has 0 radical (unpaired) electrons. The van der Waals surface area contributed by atoms with E-state index in [1.165, 1.54) is 12.1 Å². The van der Waals surface area contributed by atoms with Crippen LogP contribution in [-0.2, 0) is 6.54 Å². The molecule has 0 bridgehead atoms. The molecule has 1 aromatic rings. The summed E-state index contributed by atoms with van der Waals surface area (Å²) < 4.78 is 0. The molecule has 0 aliphatic heterocycles. The molecule has 92 valence electrons. The van der Waals surface area contributed by atoms with Gasteiger partial charge in [0.05, 0.1) is 9.95 Å². The van der Waals surface area contributed by atoms with Crippen LogP contribution in [0.15, 0.2) is 18.2 Å². The smallest absolute Gasteiger partial charge is 0.270 e. The van der Waals surface area contributed by atoms with E-state index in [4.69, 9.17) is 11.6 Å². The number of nitrogens with one attached hydrogen (secondary N) is 1. The van der Waals surface area contributed by atoms with Crippen molar-refractivity contribution in [3.05, 3.63) is 38.9 Å². The Labute approximate surface area is 105 Å². The Hall–Kier alpha value is -1.13. The number of hydrogen-bond acceptors (Lipinski definition) is 3. The highest BCUT2D eigenvalue weighted by atomic mass is 35.5. The fraction of sp³-hybridized carbons (Fsp3) is 0.500. The molecule has 1 aliphatic rings. The van der Waals surface area contributed by atoms with E-state index in [9.17, 15) is 10.1 Å². The molecular formula is C12H15ClN2O2. The molecule has 0 amide bonds. The highest BCUT2D eigenvalue weighted by Gasteiger charge is 2.45. The number of nitro groups is 1. The van der Waals surface area contributed by atoms with Crippen LogP contribution >= 0.6 is 11.6 Å².